The SMILES string of the molecule is O=C1CCC(N2Cc3cc(OC4CN(C(c5ccccc5)c5ccncc5)C4)ccc3C2=O)C(=O)N1. The Labute approximate surface area is 208 Å². The predicted molar refractivity (Wildman–Crippen MR) is 131 cm³/mol. The summed E-state index contributed by atoms with van der Waals surface area (Å²) < 4.78 is 6.27. The van der Waals surface area contributed by atoms with Crippen LogP contribution in [0.3, 0.4) is 0 Å². The molecule has 3 amide bonds. The van der Waals surface area contributed by atoms with E-state index in [0.717, 1.165) is 24.4 Å². The van der Waals surface area contributed by atoms with Crippen molar-refractivity contribution in [3.63, 3.8) is 0 Å². The van der Waals surface area contributed by atoms with Crippen LogP contribution < -0.4 is 10.1 Å². The van der Waals surface area contributed by atoms with Crippen LogP contribution in [0.25, 0.3) is 0 Å². The Morgan fingerprint density at radius 3 is 2.44 bits per heavy atom. The number of pyridine rings is 1. The number of hydrogen-bond donors (Lipinski definition) is 1. The molecule has 2 unspecified atom stereocenters. The van der Waals surface area contributed by atoms with Crippen LogP contribution in [0.2, 0.25) is 0 Å². The molecule has 2 aromatic carbocycles. The molecule has 0 bridgehead atoms. The highest BCUT2D eigenvalue weighted by atomic mass is 16.5. The number of amides is 3. The first-order valence-corrected chi connectivity index (χ1v) is 12.2. The van der Waals surface area contributed by atoms with Gasteiger partial charge in [-0.05, 0) is 53.4 Å². The third-order valence-electron chi connectivity index (χ3n) is 7.18. The Hall–Kier alpha value is -4.04. The second kappa shape index (κ2) is 9.20. The summed E-state index contributed by atoms with van der Waals surface area (Å²) in [6.07, 6.45) is 4.28. The molecule has 36 heavy (non-hydrogen) atoms. The summed E-state index contributed by atoms with van der Waals surface area (Å²) >= 11 is 0. The number of likely N-dealkylation sites (tertiary alicyclic amines) is 1. The van der Waals surface area contributed by atoms with Gasteiger partial charge >= 0.3 is 0 Å². The van der Waals surface area contributed by atoms with E-state index in [9.17, 15) is 14.4 Å². The maximum atomic E-state index is 12.9. The molecule has 0 radical (unpaired) electrons. The van der Waals surface area contributed by atoms with Gasteiger partial charge in [0, 0.05) is 44.0 Å². The number of nitrogens with zero attached hydrogens (tertiary/aromatic N) is 3. The second-order valence-electron chi connectivity index (χ2n) is 9.51. The van der Waals surface area contributed by atoms with Gasteiger partial charge in [0.05, 0.1) is 6.04 Å². The van der Waals surface area contributed by atoms with Crippen molar-refractivity contribution in [2.24, 2.45) is 0 Å². The summed E-state index contributed by atoms with van der Waals surface area (Å²) in [5.41, 5.74) is 3.85. The lowest BCUT2D eigenvalue weighted by atomic mass is 9.94. The fourth-order valence-electron chi connectivity index (χ4n) is 5.37. The summed E-state index contributed by atoms with van der Waals surface area (Å²) in [6, 6.07) is 19.6. The number of aromatic nitrogens is 1. The van der Waals surface area contributed by atoms with Crippen LogP contribution in [0.1, 0.15) is 45.9 Å². The average Bonchev–Trinajstić information content (AvgIpc) is 3.19. The first-order chi connectivity index (χ1) is 17.6. The van der Waals surface area contributed by atoms with Gasteiger partial charge in [-0.2, -0.15) is 0 Å². The van der Waals surface area contributed by atoms with E-state index in [-0.39, 0.29) is 30.4 Å². The molecule has 0 spiro atoms. The first kappa shape index (κ1) is 22.4. The van der Waals surface area contributed by atoms with E-state index in [0.29, 0.717) is 18.5 Å². The lowest BCUT2D eigenvalue weighted by molar-refractivity contribution is -0.136. The Balaban J connectivity index is 1.12. The smallest absolute Gasteiger partial charge is 0.255 e. The Morgan fingerprint density at radius 1 is 0.944 bits per heavy atom. The molecule has 2 fully saturated rings. The summed E-state index contributed by atoms with van der Waals surface area (Å²) in [6.45, 7) is 1.90. The van der Waals surface area contributed by atoms with Crippen LogP contribution in [0.15, 0.2) is 73.1 Å². The summed E-state index contributed by atoms with van der Waals surface area (Å²) in [4.78, 5) is 44.8. The topological polar surface area (TPSA) is 91.8 Å². The minimum Gasteiger partial charge on any atom is -0.488 e. The van der Waals surface area contributed by atoms with Crippen molar-refractivity contribution in [3.05, 3.63) is 95.3 Å². The molecule has 6 rings (SSSR count). The number of piperidine rings is 1. The van der Waals surface area contributed by atoms with E-state index in [1.807, 2.05) is 30.6 Å². The molecule has 2 saturated heterocycles. The number of hydrogen-bond acceptors (Lipinski definition) is 6. The number of ether oxygens (including phenoxy) is 1. The Morgan fingerprint density at radius 2 is 1.69 bits per heavy atom. The molecule has 3 aliphatic rings. The molecule has 3 aromatic rings. The van der Waals surface area contributed by atoms with Crippen molar-refractivity contribution in [2.75, 3.05) is 13.1 Å². The number of imide groups is 1. The molecule has 0 aliphatic carbocycles. The van der Waals surface area contributed by atoms with Gasteiger partial charge < -0.3 is 9.64 Å². The second-order valence-corrected chi connectivity index (χ2v) is 9.51. The van der Waals surface area contributed by atoms with E-state index in [2.05, 4.69) is 51.6 Å². The zero-order valence-corrected chi connectivity index (χ0v) is 19.7. The van der Waals surface area contributed by atoms with Crippen molar-refractivity contribution in [1.29, 1.82) is 0 Å². The first-order valence-electron chi connectivity index (χ1n) is 12.2. The molecular formula is C28H26N4O4. The molecule has 0 saturated carbocycles. The van der Waals surface area contributed by atoms with Crippen molar-refractivity contribution >= 4 is 17.7 Å². The van der Waals surface area contributed by atoms with Crippen molar-refractivity contribution < 1.29 is 19.1 Å². The molecule has 4 heterocycles. The van der Waals surface area contributed by atoms with E-state index in [1.165, 1.54) is 11.1 Å². The molecular weight excluding hydrogens is 456 g/mol. The minimum atomic E-state index is -0.615. The molecule has 2 atom stereocenters. The zero-order valence-electron chi connectivity index (χ0n) is 19.7. The number of carbonyl (C=O) groups excluding carboxylic acids is 3. The summed E-state index contributed by atoms with van der Waals surface area (Å²) in [7, 11) is 0. The van der Waals surface area contributed by atoms with E-state index >= 15 is 0 Å². The Kier molecular flexibility index (Phi) is 5.73. The highest BCUT2D eigenvalue weighted by Gasteiger charge is 2.40. The molecule has 8 heteroatoms. The highest BCUT2D eigenvalue weighted by Crippen LogP contribution is 2.35. The molecule has 3 aliphatic heterocycles. The maximum Gasteiger partial charge on any atom is 0.255 e. The van der Waals surface area contributed by atoms with Crippen LogP contribution in [-0.2, 0) is 16.1 Å². The van der Waals surface area contributed by atoms with E-state index < -0.39 is 11.9 Å². The average molecular weight is 483 g/mol. The highest BCUT2D eigenvalue weighted by molar-refractivity contribution is 6.05. The lowest BCUT2D eigenvalue weighted by Crippen LogP contribution is -2.55. The molecule has 1 aromatic heterocycles. The zero-order chi connectivity index (χ0) is 24.6. The van der Waals surface area contributed by atoms with Crippen LogP contribution in [0, 0.1) is 0 Å². The lowest BCUT2D eigenvalue weighted by Gasteiger charge is -2.44. The minimum absolute atomic E-state index is 0.0411. The number of carbonyl (C=O) groups is 3. The summed E-state index contributed by atoms with van der Waals surface area (Å²) in [5.74, 6) is -0.148. The van der Waals surface area contributed by atoms with Gasteiger partial charge in [0.25, 0.3) is 5.91 Å². The Bertz CT molecular complexity index is 1270. The van der Waals surface area contributed by atoms with E-state index in [4.69, 9.17) is 4.74 Å². The number of nitrogens with one attached hydrogen (secondary N) is 1. The van der Waals surface area contributed by atoms with Gasteiger partial charge in [0.1, 0.15) is 17.9 Å². The largest absolute Gasteiger partial charge is 0.488 e. The van der Waals surface area contributed by atoms with Gasteiger partial charge in [0.15, 0.2) is 0 Å². The van der Waals surface area contributed by atoms with Gasteiger partial charge in [-0.3, -0.25) is 29.6 Å². The number of fused-ring (bicyclic) bond motifs is 1. The monoisotopic (exact) mass is 482 g/mol. The van der Waals surface area contributed by atoms with E-state index in [1.54, 1.807) is 11.0 Å². The normalized spacial score (nSPS) is 21.1. The number of benzene rings is 2. The van der Waals surface area contributed by atoms with Crippen LogP contribution >= 0.6 is 0 Å². The molecule has 8 nitrogen and oxygen atoms in total. The third kappa shape index (κ3) is 4.13. The molecule has 1 N–H and O–H groups in total. The quantitative estimate of drug-likeness (QED) is 0.544. The van der Waals surface area contributed by atoms with Crippen molar-refractivity contribution in [1.82, 2.24) is 20.1 Å². The van der Waals surface area contributed by atoms with Gasteiger partial charge in [0.2, 0.25) is 11.8 Å². The van der Waals surface area contributed by atoms with Crippen LogP contribution in [-0.4, -0.2) is 57.7 Å². The van der Waals surface area contributed by atoms with Gasteiger partial charge in [-0.25, -0.2) is 0 Å². The van der Waals surface area contributed by atoms with Crippen LogP contribution in [0.4, 0.5) is 0 Å². The fourth-order valence-corrected chi connectivity index (χ4v) is 5.37. The third-order valence-corrected chi connectivity index (χ3v) is 7.18. The van der Waals surface area contributed by atoms with Gasteiger partial charge in [-0.15, -0.1) is 0 Å². The number of rotatable bonds is 6. The summed E-state index contributed by atoms with van der Waals surface area (Å²) in [5, 5.41) is 2.34. The standard InChI is InChI=1S/C28H26N4O4/c33-25-9-8-24(27(34)30-25)32-15-20-14-21(6-7-23(20)28(32)35)36-22-16-31(17-22)26(18-4-2-1-3-5-18)19-10-12-29-13-11-19/h1-7,10-14,22,24,26H,8-9,15-17H2,(H,30,33,34). The van der Waals surface area contributed by atoms with Crippen molar-refractivity contribution in [2.45, 2.75) is 37.6 Å². The van der Waals surface area contributed by atoms with Crippen LogP contribution in [0.5, 0.6) is 5.75 Å². The predicted octanol–water partition coefficient (Wildman–Crippen LogP) is 2.70. The molecule has 182 valence electrons. The van der Waals surface area contributed by atoms with Gasteiger partial charge in [-0.1, -0.05) is 30.3 Å². The fraction of sp³-hybridized carbons (Fsp3) is 0.286. The van der Waals surface area contributed by atoms with Crippen molar-refractivity contribution in [3.8, 4) is 5.75 Å². The maximum absolute atomic E-state index is 12.9.